The van der Waals surface area contributed by atoms with Gasteiger partial charge >= 0.3 is 0 Å². The number of carbonyl (C=O) groups is 1. The van der Waals surface area contributed by atoms with E-state index in [2.05, 4.69) is 10.0 Å². The minimum Gasteiger partial charge on any atom is -0.317 e. The van der Waals surface area contributed by atoms with Crippen molar-refractivity contribution in [2.24, 2.45) is 0 Å². The van der Waals surface area contributed by atoms with E-state index in [9.17, 15) is 22.0 Å². The van der Waals surface area contributed by atoms with E-state index in [-0.39, 0.29) is 11.3 Å². The van der Waals surface area contributed by atoms with E-state index < -0.39 is 38.5 Å². The lowest BCUT2D eigenvalue weighted by Gasteiger charge is -2.11. The maximum absolute atomic E-state index is 13.5. The van der Waals surface area contributed by atoms with Gasteiger partial charge in [0.05, 0.1) is 5.25 Å². The molecule has 0 spiro atoms. The normalized spacial score (nSPS) is 11.4. The zero-order valence-corrected chi connectivity index (χ0v) is 13.8. The Bertz CT molecular complexity index is 830. The summed E-state index contributed by atoms with van der Waals surface area (Å²) in [5, 5.41) is 1.55. The zero-order chi connectivity index (χ0) is 17.9. The molecule has 2 aromatic carbocycles. The predicted molar refractivity (Wildman–Crippen MR) is 88.4 cm³/mol. The maximum Gasteiger partial charge on any atom is 0.255 e. The number of benzene rings is 2. The summed E-state index contributed by atoms with van der Waals surface area (Å²) < 4.78 is 52.9. The molecular weight excluding hydrogens is 338 g/mol. The summed E-state index contributed by atoms with van der Waals surface area (Å²) >= 11 is 0. The van der Waals surface area contributed by atoms with Gasteiger partial charge in [0.1, 0.15) is 17.3 Å². The highest BCUT2D eigenvalue weighted by Gasteiger charge is 2.16. The minimum absolute atomic E-state index is 0.130. The topological polar surface area (TPSA) is 75.3 Å². The quantitative estimate of drug-likeness (QED) is 0.864. The Hall–Kier alpha value is -2.48. The first kappa shape index (κ1) is 17.9. The molecule has 0 saturated heterocycles. The molecule has 5 nitrogen and oxygen atoms in total. The number of amides is 1. The molecule has 0 aliphatic heterocycles. The summed E-state index contributed by atoms with van der Waals surface area (Å²) in [6, 6.07) is 8.75. The number of hydrogen-bond acceptors (Lipinski definition) is 3. The second kappa shape index (κ2) is 6.96. The molecule has 0 unspecified atom stereocenters. The second-order valence-electron chi connectivity index (χ2n) is 5.32. The van der Waals surface area contributed by atoms with Crippen molar-refractivity contribution >= 4 is 27.3 Å². The van der Waals surface area contributed by atoms with Crippen LogP contribution in [0.5, 0.6) is 0 Å². The Kier molecular flexibility index (Phi) is 5.18. The van der Waals surface area contributed by atoms with Crippen molar-refractivity contribution in [3.8, 4) is 0 Å². The van der Waals surface area contributed by atoms with E-state index in [0.29, 0.717) is 0 Å². The molecule has 0 aliphatic carbocycles. The number of sulfonamides is 1. The average molecular weight is 354 g/mol. The fourth-order valence-electron chi connectivity index (χ4n) is 1.77. The van der Waals surface area contributed by atoms with Crippen LogP contribution in [0.15, 0.2) is 42.5 Å². The largest absolute Gasteiger partial charge is 0.317 e. The first-order valence-electron chi connectivity index (χ1n) is 7.08. The van der Waals surface area contributed by atoms with Crippen molar-refractivity contribution in [2.45, 2.75) is 19.1 Å². The van der Waals surface area contributed by atoms with Crippen LogP contribution in [-0.2, 0) is 10.0 Å². The third-order valence-electron chi connectivity index (χ3n) is 3.23. The number of anilines is 2. The van der Waals surface area contributed by atoms with E-state index in [1.54, 1.807) is 0 Å². The predicted octanol–water partition coefficient (Wildman–Crippen LogP) is 3.37. The minimum atomic E-state index is -3.49. The molecule has 0 bridgehead atoms. The summed E-state index contributed by atoms with van der Waals surface area (Å²) in [5.41, 5.74) is -0.116. The Labute approximate surface area is 138 Å². The monoisotopic (exact) mass is 354 g/mol. The van der Waals surface area contributed by atoms with Gasteiger partial charge in [0.2, 0.25) is 10.0 Å². The van der Waals surface area contributed by atoms with E-state index in [4.69, 9.17) is 0 Å². The van der Waals surface area contributed by atoms with Crippen molar-refractivity contribution in [1.82, 2.24) is 0 Å². The zero-order valence-electron chi connectivity index (χ0n) is 13.0. The van der Waals surface area contributed by atoms with E-state index in [1.807, 2.05) is 0 Å². The van der Waals surface area contributed by atoms with E-state index in [1.165, 1.54) is 44.2 Å². The van der Waals surface area contributed by atoms with Crippen molar-refractivity contribution in [3.05, 3.63) is 59.7 Å². The smallest absolute Gasteiger partial charge is 0.255 e. The van der Waals surface area contributed by atoms with Crippen molar-refractivity contribution < 1.29 is 22.0 Å². The van der Waals surface area contributed by atoms with Gasteiger partial charge in [0.25, 0.3) is 5.91 Å². The van der Waals surface area contributed by atoms with Crippen LogP contribution in [0.4, 0.5) is 20.2 Å². The van der Waals surface area contributed by atoms with Gasteiger partial charge < -0.3 is 5.32 Å². The Morgan fingerprint density at radius 3 is 2.04 bits per heavy atom. The van der Waals surface area contributed by atoms with Crippen molar-refractivity contribution in [1.29, 1.82) is 0 Å². The summed E-state index contributed by atoms with van der Waals surface area (Å²) in [6.45, 7) is 3.07. The molecule has 0 aromatic heterocycles. The fraction of sp³-hybridized carbons (Fsp3) is 0.188. The molecule has 0 fully saturated rings. The molecule has 2 aromatic rings. The number of nitrogens with one attached hydrogen (secondary N) is 2. The van der Waals surface area contributed by atoms with E-state index in [0.717, 1.165) is 12.1 Å². The maximum atomic E-state index is 13.5. The lowest BCUT2D eigenvalue weighted by atomic mass is 10.2. The number of para-hydroxylation sites is 1. The summed E-state index contributed by atoms with van der Waals surface area (Å²) in [4.78, 5) is 12.0. The van der Waals surface area contributed by atoms with Crippen LogP contribution in [0, 0.1) is 11.6 Å². The Morgan fingerprint density at radius 1 is 1.00 bits per heavy atom. The van der Waals surface area contributed by atoms with Crippen LogP contribution in [0.2, 0.25) is 0 Å². The van der Waals surface area contributed by atoms with Gasteiger partial charge in [-0.2, -0.15) is 0 Å². The molecule has 2 N–H and O–H groups in total. The van der Waals surface area contributed by atoms with Gasteiger partial charge in [0.15, 0.2) is 0 Å². The molecule has 0 atom stereocenters. The van der Waals surface area contributed by atoms with Crippen LogP contribution in [0.25, 0.3) is 0 Å². The summed E-state index contributed by atoms with van der Waals surface area (Å²) in [6.07, 6.45) is 0. The molecule has 24 heavy (non-hydrogen) atoms. The SMILES string of the molecule is CC(C)S(=O)(=O)Nc1ccc(C(=O)Nc2c(F)cccc2F)cc1. The summed E-state index contributed by atoms with van der Waals surface area (Å²) in [7, 11) is -3.49. The highest BCUT2D eigenvalue weighted by Crippen LogP contribution is 2.20. The standard InChI is InChI=1S/C16H16F2N2O3S/c1-10(2)24(22,23)20-12-8-6-11(7-9-12)16(21)19-15-13(17)4-3-5-14(15)18/h3-10,20H,1-2H3,(H,19,21). The molecular formula is C16H16F2N2O3S. The van der Waals surface area contributed by atoms with Crippen LogP contribution in [0.3, 0.4) is 0 Å². The number of hydrogen-bond donors (Lipinski definition) is 2. The highest BCUT2D eigenvalue weighted by atomic mass is 32.2. The van der Waals surface area contributed by atoms with Crippen LogP contribution in [0.1, 0.15) is 24.2 Å². The molecule has 128 valence electrons. The first-order chi connectivity index (χ1) is 11.2. The third kappa shape index (κ3) is 4.08. The molecule has 0 aliphatic rings. The van der Waals surface area contributed by atoms with E-state index >= 15 is 0 Å². The van der Waals surface area contributed by atoms with Crippen LogP contribution < -0.4 is 10.0 Å². The lowest BCUT2D eigenvalue weighted by molar-refractivity contribution is 0.102. The summed E-state index contributed by atoms with van der Waals surface area (Å²) in [5.74, 6) is -2.48. The molecule has 8 heteroatoms. The van der Waals surface area contributed by atoms with Gasteiger partial charge in [-0.1, -0.05) is 6.07 Å². The Morgan fingerprint density at radius 2 is 1.54 bits per heavy atom. The molecule has 0 saturated carbocycles. The average Bonchev–Trinajstić information content (AvgIpc) is 2.51. The molecule has 2 rings (SSSR count). The lowest BCUT2D eigenvalue weighted by Crippen LogP contribution is -2.22. The third-order valence-corrected chi connectivity index (χ3v) is 4.99. The number of carbonyl (C=O) groups excluding carboxylic acids is 1. The molecule has 0 radical (unpaired) electrons. The van der Waals surface area contributed by atoms with Gasteiger partial charge in [-0.25, -0.2) is 17.2 Å². The van der Waals surface area contributed by atoms with Crippen molar-refractivity contribution in [2.75, 3.05) is 10.0 Å². The van der Waals surface area contributed by atoms with Gasteiger partial charge in [-0.3, -0.25) is 9.52 Å². The van der Waals surface area contributed by atoms with Gasteiger partial charge in [0, 0.05) is 11.3 Å². The Balaban J connectivity index is 2.15. The van der Waals surface area contributed by atoms with Gasteiger partial charge in [-0.15, -0.1) is 0 Å². The van der Waals surface area contributed by atoms with Crippen LogP contribution in [-0.4, -0.2) is 19.6 Å². The molecule has 1 amide bonds. The van der Waals surface area contributed by atoms with Gasteiger partial charge in [-0.05, 0) is 50.2 Å². The second-order valence-corrected chi connectivity index (χ2v) is 7.56. The van der Waals surface area contributed by atoms with Crippen molar-refractivity contribution in [3.63, 3.8) is 0 Å². The fourth-order valence-corrected chi connectivity index (χ4v) is 2.48. The highest BCUT2D eigenvalue weighted by molar-refractivity contribution is 7.93. The first-order valence-corrected chi connectivity index (χ1v) is 8.62. The number of halogens is 2. The van der Waals surface area contributed by atoms with Crippen LogP contribution >= 0.6 is 0 Å². The molecule has 0 heterocycles. The number of rotatable bonds is 5.